The molecule has 1 aliphatic heterocycles. The second-order valence-electron chi connectivity index (χ2n) is 8.87. The van der Waals surface area contributed by atoms with Gasteiger partial charge in [-0.05, 0) is 56.7 Å². The Kier molecular flexibility index (Phi) is 4.48. The van der Waals surface area contributed by atoms with Crippen LogP contribution in [0.1, 0.15) is 49.7 Å². The fourth-order valence-corrected chi connectivity index (χ4v) is 5.88. The lowest BCUT2D eigenvalue weighted by Gasteiger charge is -2.60. The minimum absolute atomic E-state index is 0. The molecule has 5 nitrogen and oxygen atoms in total. The Labute approximate surface area is 166 Å². The monoisotopic (exact) mass is 393 g/mol. The molecule has 0 radical (unpaired) electrons. The van der Waals surface area contributed by atoms with Crippen LogP contribution in [0.3, 0.4) is 0 Å². The standard InChI is InChI=1S/C21H27NO4.ClH/c1-22(12-13-2-3-13)17-10-14-4-5-16(24)19-18(14)20(8-9-26-19)11-15(23)6-7-21(17,20)25;/h4-5,13,17,24-25H,2-3,6-12H2,1H3;1H/t17-,20-,21-;/m1./s1. The maximum atomic E-state index is 12.5. The van der Waals surface area contributed by atoms with Gasteiger partial charge in [-0.2, -0.15) is 0 Å². The molecule has 0 unspecified atom stereocenters. The van der Waals surface area contributed by atoms with Crippen molar-refractivity contribution in [1.82, 2.24) is 4.90 Å². The molecule has 4 aliphatic rings. The van der Waals surface area contributed by atoms with Crippen LogP contribution in [0.2, 0.25) is 0 Å². The Balaban J connectivity index is 0.00000180. The fraction of sp³-hybridized carbons (Fsp3) is 0.667. The number of aromatic hydroxyl groups is 1. The lowest BCUT2D eigenvalue weighted by atomic mass is 9.50. The molecule has 0 amide bonds. The molecule has 1 spiro atoms. The van der Waals surface area contributed by atoms with Gasteiger partial charge in [-0.15, -0.1) is 12.4 Å². The molecule has 5 rings (SSSR count). The van der Waals surface area contributed by atoms with Crippen molar-refractivity contribution in [2.75, 3.05) is 20.2 Å². The highest BCUT2D eigenvalue weighted by atomic mass is 35.5. The number of rotatable bonds is 3. The first-order chi connectivity index (χ1) is 12.4. The highest BCUT2D eigenvalue weighted by molar-refractivity contribution is 5.85. The average Bonchev–Trinajstić information content (AvgIpc) is 3.42. The van der Waals surface area contributed by atoms with E-state index < -0.39 is 11.0 Å². The SMILES string of the molecule is CN(CC1CC1)[C@@H]1Cc2ccc(O)c3c2[C@@]2(CCO3)CC(=O)CC[C@@]12O.Cl. The van der Waals surface area contributed by atoms with Gasteiger partial charge in [0.05, 0.1) is 12.2 Å². The van der Waals surface area contributed by atoms with Crippen molar-refractivity contribution in [1.29, 1.82) is 0 Å². The number of likely N-dealkylation sites (N-methyl/N-ethyl adjacent to an activating group) is 1. The van der Waals surface area contributed by atoms with Crippen molar-refractivity contribution in [2.24, 2.45) is 5.92 Å². The number of ether oxygens (including phenoxy) is 1. The second-order valence-corrected chi connectivity index (χ2v) is 8.87. The van der Waals surface area contributed by atoms with Gasteiger partial charge in [-0.3, -0.25) is 9.69 Å². The fourth-order valence-electron chi connectivity index (χ4n) is 5.88. The summed E-state index contributed by atoms with van der Waals surface area (Å²) in [5, 5.41) is 22.4. The Morgan fingerprint density at radius 3 is 2.81 bits per heavy atom. The molecule has 1 aromatic rings. The van der Waals surface area contributed by atoms with Gasteiger partial charge in [0.25, 0.3) is 0 Å². The smallest absolute Gasteiger partial charge is 0.165 e. The Hall–Kier alpha value is -1.30. The second kappa shape index (κ2) is 6.36. The van der Waals surface area contributed by atoms with Gasteiger partial charge in [-0.1, -0.05) is 6.07 Å². The van der Waals surface area contributed by atoms with Crippen molar-refractivity contribution < 1.29 is 19.7 Å². The van der Waals surface area contributed by atoms with Crippen LogP contribution in [-0.2, 0) is 16.6 Å². The van der Waals surface area contributed by atoms with E-state index in [0.29, 0.717) is 38.0 Å². The molecule has 148 valence electrons. The summed E-state index contributed by atoms with van der Waals surface area (Å²) in [5.74, 6) is 1.57. The van der Waals surface area contributed by atoms with Crippen LogP contribution < -0.4 is 4.74 Å². The molecule has 0 saturated heterocycles. The van der Waals surface area contributed by atoms with Crippen LogP contribution in [0.5, 0.6) is 11.5 Å². The number of halogens is 1. The van der Waals surface area contributed by atoms with Crippen molar-refractivity contribution in [3.63, 3.8) is 0 Å². The molecule has 2 saturated carbocycles. The van der Waals surface area contributed by atoms with E-state index in [4.69, 9.17) is 4.74 Å². The Morgan fingerprint density at radius 1 is 1.30 bits per heavy atom. The van der Waals surface area contributed by atoms with E-state index in [2.05, 4.69) is 11.9 Å². The summed E-state index contributed by atoms with van der Waals surface area (Å²) in [6.07, 6.45) is 5.22. The van der Waals surface area contributed by atoms with Crippen LogP contribution in [0, 0.1) is 5.92 Å². The maximum absolute atomic E-state index is 12.5. The van der Waals surface area contributed by atoms with Gasteiger partial charge in [0.1, 0.15) is 5.78 Å². The van der Waals surface area contributed by atoms with E-state index in [9.17, 15) is 15.0 Å². The number of phenols is 1. The average molecular weight is 394 g/mol. The van der Waals surface area contributed by atoms with E-state index >= 15 is 0 Å². The first kappa shape index (κ1) is 19.0. The van der Waals surface area contributed by atoms with Crippen LogP contribution in [0.15, 0.2) is 12.1 Å². The van der Waals surface area contributed by atoms with Crippen molar-refractivity contribution in [2.45, 2.75) is 62.0 Å². The van der Waals surface area contributed by atoms with Gasteiger partial charge in [0.2, 0.25) is 0 Å². The maximum Gasteiger partial charge on any atom is 0.165 e. The molecule has 0 bridgehead atoms. The minimum atomic E-state index is -0.954. The molecule has 3 aliphatic carbocycles. The molecule has 2 fully saturated rings. The van der Waals surface area contributed by atoms with Gasteiger partial charge in [-0.25, -0.2) is 0 Å². The van der Waals surface area contributed by atoms with Crippen LogP contribution in [0.4, 0.5) is 0 Å². The van der Waals surface area contributed by atoms with E-state index in [0.717, 1.165) is 30.0 Å². The highest BCUT2D eigenvalue weighted by Crippen LogP contribution is 2.60. The molecule has 27 heavy (non-hydrogen) atoms. The summed E-state index contributed by atoms with van der Waals surface area (Å²) in [6.45, 7) is 1.44. The molecule has 2 N–H and O–H groups in total. The number of ketones is 1. The predicted octanol–water partition coefficient (Wildman–Crippen LogP) is 2.58. The lowest BCUT2D eigenvalue weighted by Crippen LogP contribution is -2.70. The zero-order valence-electron chi connectivity index (χ0n) is 15.7. The Bertz CT molecular complexity index is 780. The van der Waals surface area contributed by atoms with Crippen LogP contribution in [0.25, 0.3) is 0 Å². The highest BCUT2D eigenvalue weighted by Gasteiger charge is 2.64. The number of carbonyl (C=O) groups is 1. The van der Waals surface area contributed by atoms with E-state index in [-0.39, 0.29) is 30.0 Å². The van der Waals surface area contributed by atoms with Gasteiger partial charge in [0, 0.05) is 36.4 Å². The summed E-state index contributed by atoms with van der Waals surface area (Å²) < 4.78 is 5.81. The number of hydrogen-bond acceptors (Lipinski definition) is 5. The minimum Gasteiger partial charge on any atom is -0.504 e. The number of aliphatic hydroxyl groups is 1. The first-order valence-corrected chi connectivity index (χ1v) is 9.87. The largest absolute Gasteiger partial charge is 0.504 e. The van der Waals surface area contributed by atoms with Crippen molar-refractivity contribution in [3.8, 4) is 11.5 Å². The molecular weight excluding hydrogens is 366 g/mol. The number of Topliss-reactive ketones (excluding diaryl/α,β-unsaturated/α-hetero) is 1. The molecule has 1 aromatic carbocycles. The predicted molar refractivity (Wildman–Crippen MR) is 104 cm³/mol. The summed E-state index contributed by atoms with van der Waals surface area (Å²) in [6, 6.07) is 3.65. The molecule has 3 atom stereocenters. The first-order valence-electron chi connectivity index (χ1n) is 9.87. The molecular formula is C21H28ClNO4. The quantitative estimate of drug-likeness (QED) is 0.826. The van der Waals surface area contributed by atoms with E-state index in [1.54, 1.807) is 6.07 Å². The number of phenolic OH excluding ortho intramolecular Hbond substituents is 1. The third-order valence-electron chi connectivity index (χ3n) is 7.33. The zero-order valence-corrected chi connectivity index (χ0v) is 16.6. The van der Waals surface area contributed by atoms with Crippen molar-refractivity contribution >= 4 is 18.2 Å². The summed E-state index contributed by atoms with van der Waals surface area (Å²) in [5.41, 5.74) is 0.425. The topological polar surface area (TPSA) is 70.0 Å². The number of nitrogens with zero attached hydrogens (tertiary/aromatic N) is 1. The normalized spacial score (nSPS) is 34.3. The number of carbonyl (C=O) groups excluding carboxylic acids is 1. The third-order valence-corrected chi connectivity index (χ3v) is 7.33. The van der Waals surface area contributed by atoms with Gasteiger partial charge >= 0.3 is 0 Å². The molecule has 0 aromatic heterocycles. The zero-order chi connectivity index (χ0) is 18.1. The molecule has 6 heteroatoms. The lowest BCUT2D eigenvalue weighted by molar-refractivity contribution is -0.157. The van der Waals surface area contributed by atoms with E-state index in [1.807, 2.05) is 6.07 Å². The summed E-state index contributed by atoms with van der Waals surface area (Å²) in [7, 11) is 2.12. The van der Waals surface area contributed by atoms with Crippen molar-refractivity contribution in [3.05, 3.63) is 23.3 Å². The Morgan fingerprint density at radius 2 is 2.07 bits per heavy atom. The van der Waals surface area contributed by atoms with Gasteiger partial charge < -0.3 is 14.9 Å². The van der Waals surface area contributed by atoms with Gasteiger partial charge in [0.15, 0.2) is 11.5 Å². The summed E-state index contributed by atoms with van der Waals surface area (Å²) in [4.78, 5) is 14.8. The number of benzene rings is 1. The third kappa shape index (κ3) is 2.62. The van der Waals surface area contributed by atoms with E-state index in [1.165, 1.54) is 12.8 Å². The molecule has 1 heterocycles. The summed E-state index contributed by atoms with van der Waals surface area (Å²) >= 11 is 0. The van der Waals surface area contributed by atoms with Crippen LogP contribution >= 0.6 is 12.4 Å². The number of hydrogen-bond donors (Lipinski definition) is 2. The van der Waals surface area contributed by atoms with Crippen LogP contribution in [-0.4, -0.2) is 52.7 Å².